The zero-order chi connectivity index (χ0) is 12.7. The summed E-state index contributed by atoms with van der Waals surface area (Å²) in [6, 6.07) is 7.05. The van der Waals surface area contributed by atoms with Gasteiger partial charge in [0.1, 0.15) is 5.75 Å². The predicted molar refractivity (Wildman–Crippen MR) is 70.0 cm³/mol. The number of benzene rings is 1. The van der Waals surface area contributed by atoms with Crippen LogP contribution >= 0.6 is 0 Å². The highest BCUT2D eigenvalue weighted by atomic mass is 16.5. The number of hydrogen-bond acceptors (Lipinski definition) is 4. The van der Waals surface area contributed by atoms with E-state index >= 15 is 0 Å². The fourth-order valence-corrected chi connectivity index (χ4v) is 2.85. The maximum atomic E-state index is 5.53. The first-order valence-electron chi connectivity index (χ1n) is 6.71. The largest absolute Gasteiger partial charge is 0.493 e. The van der Waals surface area contributed by atoms with Gasteiger partial charge in [0.05, 0.1) is 18.8 Å². The maximum Gasteiger partial charge on any atom is 0.122 e. The van der Waals surface area contributed by atoms with E-state index in [0.29, 0.717) is 6.04 Å². The molecule has 1 aromatic carbocycles. The minimum absolute atomic E-state index is 0.486. The lowest BCUT2D eigenvalue weighted by molar-refractivity contribution is 0.0896. The van der Waals surface area contributed by atoms with Crippen LogP contribution < -0.4 is 4.74 Å². The fraction of sp³-hybridized carbons (Fsp3) is 0.429. The van der Waals surface area contributed by atoms with Crippen LogP contribution in [-0.4, -0.2) is 39.6 Å². The summed E-state index contributed by atoms with van der Waals surface area (Å²) >= 11 is 0. The standard InChI is InChI=1S/C14H16N4O/c1-2-14-12(3-6-19-14)7-11(1)8-17-9-13(10-17)18-5-4-15-16-18/h1-2,4-5,7,13H,3,6,8-10H2. The fourth-order valence-electron chi connectivity index (χ4n) is 2.85. The van der Waals surface area contributed by atoms with Crippen molar-refractivity contribution in [1.29, 1.82) is 0 Å². The predicted octanol–water partition coefficient (Wildman–Crippen LogP) is 1.27. The average molecular weight is 256 g/mol. The second-order valence-corrected chi connectivity index (χ2v) is 5.27. The molecule has 2 aromatic rings. The number of ether oxygens (including phenoxy) is 1. The smallest absolute Gasteiger partial charge is 0.122 e. The number of aromatic nitrogens is 3. The van der Waals surface area contributed by atoms with Crippen LogP contribution in [0.15, 0.2) is 30.6 Å². The van der Waals surface area contributed by atoms with E-state index in [9.17, 15) is 0 Å². The molecule has 0 radical (unpaired) electrons. The van der Waals surface area contributed by atoms with Crippen molar-refractivity contribution < 1.29 is 4.74 Å². The van der Waals surface area contributed by atoms with Crippen LogP contribution in [-0.2, 0) is 13.0 Å². The van der Waals surface area contributed by atoms with Gasteiger partial charge in [-0.05, 0) is 17.2 Å². The molecule has 0 N–H and O–H groups in total. The van der Waals surface area contributed by atoms with E-state index in [1.807, 2.05) is 10.9 Å². The van der Waals surface area contributed by atoms with E-state index in [2.05, 4.69) is 33.4 Å². The number of hydrogen-bond donors (Lipinski definition) is 0. The number of fused-ring (bicyclic) bond motifs is 1. The molecule has 4 rings (SSSR count). The van der Waals surface area contributed by atoms with Gasteiger partial charge < -0.3 is 4.74 Å². The Balaban J connectivity index is 1.39. The highest BCUT2D eigenvalue weighted by Crippen LogP contribution is 2.28. The van der Waals surface area contributed by atoms with Crippen molar-refractivity contribution in [2.45, 2.75) is 19.0 Å². The van der Waals surface area contributed by atoms with Crippen LogP contribution in [0.4, 0.5) is 0 Å². The van der Waals surface area contributed by atoms with E-state index in [1.54, 1.807) is 6.20 Å². The molecule has 3 heterocycles. The highest BCUT2D eigenvalue weighted by Gasteiger charge is 2.28. The Morgan fingerprint density at radius 2 is 2.26 bits per heavy atom. The summed E-state index contributed by atoms with van der Waals surface area (Å²) in [7, 11) is 0. The Bertz CT molecular complexity index is 575. The van der Waals surface area contributed by atoms with Crippen LogP contribution in [0, 0.1) is 0 Å². The van der Waals surface area contributed by atoms with Gasteiger partial charge in [0.25, 0.3) is 0 Å². The first kappa shape index (κ1) is 11.0. The van der Waals surface area contributed by atoms with Crippen LogP contribution in [0.5, 0.6) is 5.75 Å². The Morgan fingerprint density at radius 1 is 1.32 bits per heavy atom. The minimum Gasteiger partial charge on any atom is -0.493 e. The molecule has 2 aliphatic rings. The van der Waals surface area contributed by atoms with Gasteiger partial charge in [-0.25, -0.2) is 4.68 Å². The quantitative estimate of drug-likeness (QED) is 0.829. The summed E-state index contributed by atoms with van der Waals surface area (Å²) in [5.74, 6) is 1.06. The monoisotopic (exact) mass is 256 g/mol. The lowest BCUT2D eigenvalue weighted by atomic mass is 10.0. The molecule has 98 valence electrons. The molecule has 1 fully saturated rings. The van der Waals surface area contributed by atoms with Crippen molar-refractivity contribution in [3.8, 4) is 5.75 Å². The van der Waals surface area contributed by atoms with E-state index in [-0.39, 0.29) is 0 Å². The lowest BCUT2D eigenvalue weighted by Crippen LogP contribution is -2.47. The molecule has 1 aromatic heterocycles. The molecule has 1 saturated heterocycles. The number of nitrogens with zero attached hydrogens (tertiary/aromatic N) is 4. The summed E-state index contributed by atoms with van der Waals surface area (Å²) in [6.45, 7) is 3.95. The van der Waals surface area contributed by atoms with Crippen molar-refractivity contribution >= 4 is 0 Å². The molecule has 0 amide bonds. The summed E-state index contributed by atoms with van der Waals surface area (Å²) in [5, 5.41) is 7.90. The van der Waals surface area contributed by atoms with Gasteiger partial charge in [-0.2, -0.15) is 0 Å². The van der Waals surface area contributed by atoms with E-state index < -0.39 is 0 Å². The van der Waals surface area contributed by atoms with Gasteiger partial charge >= 0.3 is 0 Å². The second-order valence-electron chi connectivity index (χ2n) is 5.27. The summed E-state index contributed by atoms with van der Waals surface area (Å²) in [6.07, 6.45) is 4.72. The van der Waals surface area contributed by atoms with Crippen LogP contribution in [0.1, 0.15) is 17.2 Å². The third-order valence-electron chi connectivity index (χ3n) is 3.91. The molecule has 0 atom stereocenters. The normalized spacial score (nSPS) is 18.9. The molecule has 5 heteroatoms. The Labute approximate surface area is 111 Å². The highest BCUT2D eigenvalue weighted by molar-refractivity contribution is 5.39. The third kappa shape index (κ3) is 2.00. The molecule has 19 heavy (non-hydrogen) atoms. The van der Waals surface area contributed by atoms with Crippen molar-refractivity contribution in [2.75, 3.05) is 19.7 Å². The first-order valence-corrected chi connectivity index (χ1v) is 6.71. The van der Waals surface area contributed by atoms with Gasteiger partial charge in [0, 0.05) is 32.3 Å². The van der Waals surface area contributed by atoms with Gasteiger partial charge in [-0.1, -0.05) is 17.3 Å². The van der Waals surface area contributed by atoms with E-state index in [1.165, 1.54) is 11.1 Å². The topological polar surface area (TPSA) is 43.2 Å². The van der Waals surface area contributed by atoms with Gasteiger partial charge in [0.2, 0.25) is 0 Å². The third-order valence-corrected chi connectivity index (χ3v) is 3.91. The van der Waals surface area contributed by atoms with E-state index in [0.717, 1.165) is 38.4 Å². The molecule has 0 spiro atoms. The van der Waals surface area contributed by atoms with Crippen molar-refractivity contribution in [1.82, 2.24) is 19.9 Å². The molecule has 2 aliphatic heterocycles. The van der Waals surface area contributed by atoms with Gasteiger partial charge in [-0.15, -0.1) is 5.10 Å². The van der Waals surface area contributed by atoms with Crippen molar-refractivity contribution in [2.24, 2.45) is 0 Å². The van der Waals surface area contributed by atoms with E-state index in [4.69, 9.17) is 4.74 Å². The Hall–Kier alpha value is -1.88. The Morgan fingerprint density at radius 3 is 3.11 bits per heavy atom. The average Bonchev–Trinajstić information content (AvgIpc) is 3.03. The van der Waals surface area contributed by atoms with Crippen LogP contribution in [0.3, 0.4) is 0 Å². The molecule has 0 bridgehead atoms. The minimum atomic E-state index is 0.486. The SMILES string of the molecule is c1cn(C2CN(Cc3ccc4c(c3)CCO4)C2)nn1. The first-order chi connectivity index (χ1) is 9.38. The molecule has 5 nitrogen and oxygen atoms in total. The van der Waals surface area contributed by atoms with Gasteiger partial charge in [-0.3, -0.25) is 4.90 Å². The zero-order valence-electron chi connectivity index (χ0n) is 10.7. The molecular weight excluding hydrogens is 240 g/mol. The van der Waals surface area contributed by atoms with Crippen molar-refractivity contribution in [3.05, 3.63) is 41.7 Å². The number of rotatable bonds is 3. The summed E-state index contributed by atoms with van der Waals surface area (Å²) in [4.78, 5) is 2.43. The molecule has 0 aliphatic carbocycles. The van der Waals surface area contributed by atoms with Crippen LogP contribution in [0.2, 0.25) is 0 Å². The number of likely N-dealkylation sites (tertiary alicyclic amines) is 1. The van der Waals surface area contributed by atoms with Crippen molar-refractivity contribution in [3.63, 3.8) is 0 Å². The summed E-state index contributed by atoms with van der Waals surface area (Å²) in [5.41, 5.74) is 2.73. The van der Waals surface area contributed by atoms with Gasteiger partial charge in [0.15, 0.2) is 0 Å². The molecule has 0 saturated carbocycles. The lowest BCUT2D eigenvalue weighted by Gasteiger charge is -2.38. The molecular formula is C14H16N4O. The maximum absolute atomic E-state index is 5.53. The molecule has 0 unspecified atom stereocenters. The zero-order valence-corrected chi connectivity index (χ0v) is 10.7. The summed E-state index contributed by atoms with van der Waals surface area (Å²) < 4.78 is 7.48. The Kier molecular flexibility index (Phi) is 2.51. The second kappa shape index (κ2) is 4.35. The van der Waals surface area contributed by atoms with Crippen LogP contribution in [0.25, 0.3) is 0 Å².